The summed E-state index contributed by atoms with van der Waals surface area (Å²) in [5.74, 6) is -1.48. The van der Waals surface area contributed by atoms with Crippen LogP contribution in [0, 0.1) is 18.6 Å². The van der Waals surface area contributed by atoms with Gasteiger partial charge in [0, 0.05) is 5.56 Å². The topological polar surface area (TPSA) is 45.8 Å². The van der Waals surface area contributed by atoms with Crippen LogP contribution in [0.1, 0.15) is 33.3 Å². The first-order valence-corrected chi connectivity index (χ1v) is 8.60. The maximum atomic E-state index is 13.9. The molecular formula is C14H19BrF2N2OS. The summed E-state index contributed by atoms with van der Waals surface area (Å²) < 4.78 is 27.8. The van der Waals surface area contributed by atoms with E-state index in [0.29, 0.717) is 0 Å². The molecular weight excluding hydrogens is 362 g/mol. The molecule has 0 spiro atoms. The van der Waals surface area contributed by atoms with Crippen LogP contribution in [0.4, 0.5) is 8.78 Å². The molecule has 3 nitrogen and oxygen atoms in total. The molecule has 2 aromatic rings. The van der Waals surface area contributed by atoms with Crippen LogP contribution in [0.25, 0.3) is 10.9 Å². The van der Waals surface area contributed by atoms with Crippen molar-refractivity contribution in [3.8, 4) is 0 Å². The van der Waals surface area contributed by atoms with Crippen molar-refractivity contribution >= 4 is 38.6 Å². The average Bonchev–Trinajstić information content (AvgIpc) is 2.53. The lowest BCUT2D eigenvalue weighted by atomic mass is 10.1. The molecule has 0 bridgehead atoms. The Bertz CT molecular complexity index is 674. The van der Waals surface area contributed by atoms with E-state index in [4.69, 9.17) is 0 Å². The van der Waals surface area contributed by atoms with Crippen LogP contribution in [0.5, 0.6) is 0 Å². The second kappa shape index (κ2) is 9.15. The number of benzene rings is 1. The van der Waals surface area contributed by atoms with Crippen molar-refractivity contribution in [1.82, 2.24) is 9.97 Å². The minimum Gasteiger partial charge on any atom is -0.301 e. The number of nitrogens with zero attached hydrogens (tertiary/aromatic N) is 1. The normalized spacial score (nSPS) is 9.57. The largest absolute Gasteiger partial charge is 0.301 e. The van der Waals surface area contributed by atoms with E-state index in [1.165, 1.54) is 6.92 Å². The number of H-pyrrole nitrogens is 1. The van der Waals surface area contributed by atoms with Crippen molar-refractivity contribution in [2.24, 2.45) is 0 Å². The molecule has 1 aromatic heterocycles. The molecule has 118 valence electrons. The summed E-state index contributed by atoms with van der Waals surface area (Å²) >= 11 is 4.10. The van der Waals surface area contributed by atoms with E-state index in [2.05, 4.69) is 25.9 Å². The van der Waals surface area contributed by atoms with Gasteiger partial charge in [-0.25, -0.2) is 13.8 Å². The van der Waals surface area contributed by atoms with E-state index in [-0.39, 0.29) is 26.1 Å². The Kier molecular flexibility index (Phi) is 8.73. The lowest BCUT2D eigenvalue weighted by Crippen LogP contribution is -2.13. The maximum absolute atomic E-state index is 13.9. The quantitative estimate of drug-likeness (QED) is 0.427. The van der Waals surface area contributed by atoms with Gasteiger partial charge in [-0.15, -0.1) is 0 Å². The molecule has 0 aliphatic carbocycles. The van der Waals surface area contributed by atoms with Crippen LogP contribution in [0.3, 0.4) is 0 Å². The first kappa shape index (κ1) is 20.1. The average molecular weight is 381 g/mol. The molecule has 0 aliphatic heterocycles. The van der Waals surface area contributed by atoms with Crippen molar-refractivity contribution in [3.63, 3.8) is 0 Å². The molecule has 0 unspecified atom stereocenters. The number of fused-ring (bicyclic) bond motifs is 1. The van der Waals surface area contributed by atoms with E-state index in [9.17, 15) is 13.6 Å². The lowest BCUT2D eigenvalue weighted by Gasteiger charge is -2.07. The molecule has 2 rings (SSSR count). The van der Waals surface area contributed by atoms with Gasteiger partial charge in [-0.1, -0.05) is 39.5 Å². The van der Waals surface area contributed by atoms with Gasteiger partial charge in [-0.2, -0.15) is 0 Å². The summed E-state index contributed by atoms with van der Waals surface area (Å²) in [7, 11) is 0. The lowest BCUT2D eigenvalue weighted by molar-refractivity contribution is 0.598. The summed E-state index contributed by atoms with van der Waals surface area (Å²) in [5.41, 5.74) is -0.876. The first-order chi connectivity index (χ1) is 9.97. The number of hydrogen-bond acceptors (Lipinski definition) is 3. The van der Waals surface area contributed by atoms with Crippen LogP contribution < -0.4 is 5.56 Å². The smallest absolute Gasteiger partial charge is 0.262 e. The summed E-state index contributed by atoms with van der Waals surface area (Å²) in [6.45, 7) is 9.39. The fourth-order valence-corrected chi connectivity index (χ4v) is 2.20. The Morgan fingerprint density at radius 2 is 1.67 bits per heavy atom. The molecule has 1 aromatic carbocycles. The fraction of sp³-hybridized carbons (Fsp3) is 0.429. The molecule has 0 atom stereocenters. The zero-order valence-corrected chi connectivity index (χ0v) is 15.3. The van der Waals surface area contributed by atoms with Crippen LogP contribution >= 0.6 is 27.7 Å². The van der Waals surface area contributed by atoms with E-state index in [0.717, 1.165) is 11.8 Å². The summed E-state index contributed by atoms with van der Waals surface area (Å²) in [5, 5.41) is -0.0995. The van der Waals surface area contributed by atoms with Crippen LogP contribution in [0.2, 0.25) is 0 Å². The van der Waals surface area contributed by atoms with Crippen molar-refractivity contribution in [1.29, 1.82) is 0 Å². The molecule has 21 heavy (non-hydrogen) atoms. The molecule has 1 heterocycles. The van der Waals surface area contributed by atoms with Gasteiger partial charge in [0.1, 0.15) is 16.7 Å². The van der Waals surface area contributed by atoms with Crippen LogP contribution in [0.15, 0.2) is 14.4 Å². The number of aromatic nitrogens is 2. The molecule has 0 amide bonds. The SMILES string of the molecule is CC.CC.CSc1nc2c(F)c(Br)c(C)c(F)c2c(=O)[nH]1. The molecule has 0 radical (unpaired) electrons. The van der Waals surface area contributed by atoms with E-state index >= 15 is 0 Å². The summed E-state index contributed by atoms with van der Waals surface area (Å²) in [4.78, 5) is 17.9. The Morgan fingerprint density at radius 3 is 2.14 bits per heavy atom. The zero-order valence-electron chi connectivity index (χ0n) is 12.9. The minimum atomic E-state index is -0.755. The van der Waals surface area contributed by atoms with Crippen molar-refractivity contribution in [3.05, 3.63) is 32.0 Å². The number of halogens is 3. The van der Waals surface area contributed by atoms with Gasteiger partial charge in [0.05, 0.1) is 4.47 Å². The second-order valence-electron chi connectivity index (χ2n) is 3.37. The fourth-order valence-electron chi connectivity index (χ4n) is 1.46. The number of thioether (sulfide) groups is 1. The monoisotopic (exact) mass is 380 g/mol. The number of hydrogen-bond donors (Lipinski definition) is 1. The highest BCUT2D eigenvalue weighted by Gasteiger charge is 2.19. The van der Waals surface area contributed by atoms with Gasteiger partial charge >= 0.3 is 0 Å². The third-order valence-electron chi connectivity index (χ3n) is 2.37. The Morgan fingerprint density at radius 1 is 1.14 bits per heavy atom. The summed E-state index contributed by atoms with van der Waals surface area (Å²) in [6, 6.07) is 0. The second-order valence-corrected chi connectivity index (χ2v) is 4.95. The third-order valence-corrected chi connectivity index (χ3v) is 3.89. The van der Waals surface area contributed by atoms with Gasteiger partial charge < -0.3 is 4.98 Å². The predicted molar refractivity (Wildman–Crippen MR) is 89.2 cm³/mol. The van der Waals surface area contributed by atoms with E-state index in [1.54, 1.807) is 6.26 Å². The number of nitrogens with one attached hydrogen (secondary N) is 1. The van der Waals surface area contributed by atoms with E-state index in [1.807, 2.05) is 27.7 Å². The minimum absolute atomic E-state index is 0.00680. The van der Waals surface area contributed by atoms with Crippen molar-refractivity contribution in [2.75, 3.05) is 6.26 Å². The van der Waals surface area contributed by atoms with E-state index < -0.39 is 17.2 Å². The summed E-state index contributed by atoms with van der Waals surface area (Å²) in [6.07, 6.45) is 1.68. The van der Waals surface area contributed by atoms with Gasteiger partial charge in [0.2, 0.25) is 0 Å². The predicted octanol–water partition coefficient (Wildman–Crippen LogP) is 5.05. The molecule has 0 saturated heterocycles. The van der Waals surface area contributed by atoms with Crippen molar-refractivity contribution < 1.29 is 8.78 Å². The first-order valence-electron chi connectivity index (χ1n) is 6.58. The van der Waals surface area contributed by atoms with Crippen LogP contribution in [-0.2, 0) is 0 Å². The molecule has 0 saturated carbocycles. The van der Waals surface area contributed by atoms with Crippen LogP contribution in [-0.4, -0.2) is 16.2 Å². The molecule has 0 aliphatic rings. The Balaban J connectivity index is 0.000000921. The van der Waals surface area contributed by atoms with Gasteiger partial charge in [0.25, 0.3) is 5.56 Å². The molecule has 0 fully saturated rings. The maximum Gasteiger partial charge on any atom is 0.262 e. The van der Waals surface area contributed by atoms with Gasteiger partial charge in [-0.05, 0) is 29.1 Å². The Labute approximate surface area is 135 Å². The zero-order chi connectivity index (χ0) is 16.7. The standard InChI is InChI=1S/C10H7BrF2N2OS.2C2H6/c1-3-5(11)7(13)8-4(6(3)12)9(16)15-10(14-8)17-2;2*1-2/h1-2H3,(H,14,15,16);2*1-2H3. The highest BCUT2D eigenvalue weighted by Crippen LogP contribution is 2.29. The molecule has 7 heteroatoms. The number of aromatic amines is 1. The third kappa shape index (κ3) is 4.03. The Hall–Kier alpha value is -0.950. The van der Waals surface area contributed by atoms with Gasteiger partial charge in [0.15, 0.2) is 11.0 Å². The highest BCUT2D eigenvalue weighted by atomic mass is 79.9. The number of rotatable bonds is 1. The van der Waals surface area contributed by atoms with Gasteiger partial charge in [-0.3, -0.25) is 4.79 Å². The molecule has 1 N–H and O–H groups in total. The van der Waals surface area contributed by atoms with Crippen molar-refractivity contribution in [2.45, 2.75) is 39.8 Å². The highest BCUT2D eigenvalue weighted by molar-refractivity contribution is 9.10.